The van der Waals surface area contributed by atoms with Crippen LogP contribution < -0.4 is 15.8 Å². The summed E-state index contributed by atoms with van der Waals surface area (Å²) >= 11 is 0. The average Bonchev–Trinajstić information content (AvgIpc) is 3.07. The first-order valence-electron chi connectivity index (χ1n) is 10.3. The molecule has 0 radical (unpaired) electrons. The van der Waals surface area contributed by atoms with Gasteiger partial charge in [-0.1, -0.05) is 25.3 Å². The molecule has 1 unspecified atom stereocenters. The van der Waals surface area contributed by atoms with Gasteiger partial charge in [-0.05, 0) is 32.4 Å². The minimum atomic E-state index is -0.717. The van der Waals surface area contributed by atoms with Crippen LogP contribution in [-0.2, 0) is 6.61 Å². The molecule has 168 valence electrons. The lowest BCUT2D eigenvalue weighted by Crippen LogP contribution is -2.47. The highest BCUT2D eigenvalue weighted by Gasteiger charge is 2.23. The first-order chi connectivity index (χ1) is 15.2. The van der Waals surface area contributed by atoms with Crippen molar-refractivity contribution in [2.45, 2.75) is 45.8 Å². The third kappa shape index (κ3) is 4.89. The number of terminal acetylenes is 1. The number of fused-ring (bicyclic) bond motifs is 1. The van der Waals surface area contributed by atoms with Gasteiger partial charge in [-0.2, -0.15) is 0 Å². The number of halogens is 2. The van der Waals surface area contributed by atoms with Crippen LogP contribution in [-0.4, -0.2) is 27.4 Å². The van der Waals surface area contributed by atoms with E-state index in [0.717, 1.165) is 25.0 Å². The fourth-order valence-electron chi connectivity index (χ4n) is 3.53. The van der Waals surface area contributed by atoms with E-state index in [-0.39, 0.29) is 36.1 Å². The van der Waals surface area contributed by atoms with Crippen LogP contribution >= 0.6 is 0 Å². The topological polar surface area (TPSA) is 81.6 Å². The number of imidazole rings is 1. The number of rotatable bonds is 8. The molecule has 0 aliphatic heterocycles. The SMILES string of the molecule is C#Cc1cc(OCc2c(F)cccc2F)c2nc(C)c(C(=O)NCC(C)(N)CCC)n2c1. The van der Waals surface area contributed by atoms with Crippen LogP contribution in [0.5, 0.6) is 5.75 Å². The van der Waals surface area contributed by atoms with Gasteiger partial charge in [0.2, 0.25) is 0 Å². The zero-order valence-corrected chi connectivity index (χ0v) is 18.3. The van der Waals surface area contributed by atoms with E-state index in [2.05, 4.69) is 16.2 Å². The van der Waals surface area contributed by atoms with Crippen molar-refractivity contribution in [3.05, 3.63) is 64.6 Å². The van der Waals surface area contributed by atoms with Gasteiger partial charge in [0, 0.05) is 29.9 Å². The molecule has 0 aliphatic rings. The number of carbonyl (C=O) groups excluding carboxylic acids is 1. The quantitative estimate of drug-likeness (QED) is 0.523. The van der Waals surface area contributed by atoms with Crippen molar-refractivity contribution in [2.24, 2.45) is 5.73 Å². The maximum Gasteiger partial charge on any atom is 0.270 e. The Morgan fingerprint density at radius 3 is 2.69 bits per heavy atom. The number of ether oxygens (including phenoxy) is 1. The first-order valence-corrected chi connectivity index (χ1v) is 10.3. The van der Waals surface area contributed by atoms with Gasteiger partial charge in [-0.25, -0.2) is 13.8 Å². The Bertz CT molecular complexity index is 1170. The van der Waals surface area contributed by atoms with Crippen molar-refractivity contribution in [2.75, 3.05) is 6.54 Å². The third-order valence-electron chi connectivity index (χ3n) is 5.15. The number of amides is 1. The lowest BCUT2D eigenvalue weighted by molar-refractivity contribution is 0.0937. The van der Waals surface area contributed by atoms with Crippen molar-refractivity contribution >= 4 is 11.6 Å². The van der Waals surface area contributed by atoms with E-state index < -0.39 is 17.2 Å². The van der Waals surface area contributed by atoms with Gasteiger partial charge >= 0.3 is 0 Å². The van der Waals surface area contributed by atoms with Crippen molar-refractivity contribution in [3.8, 4) is 18.1 Å². The Kier molecular flexibility index (Phi) is 6.80. The maximum absolute atomic E-state index is 14.0. The molecule has 2 heterocycles. The molecular weight excluding hydrogens is 414 g/mol. The number of carbonyl (C=O) groups is 1. The van der Waals surface area contributed by atoms with Gasteiger partial charge in [0.1, 0.15) is 23.9 Å². The second-order valence-corrected chi connectivity index (χ2v) is 8.05. The molecule has 0 aliphatic carbocycles. The van der Waals surface area contributed by atoms with Gasteiger partial charge in [-0.3, -0.25) is 9.20 Å². The van der Waals surface area contributed by atoms with Gasteiger partial charge in [-0.15, -0.1) is 6.42 Å². The van der Waals surface area contributed by atoms with E-state index in [4.69, 9.17) is 16.9 Å². The predicted molar refractivity (Wildman–Crippen MR) is 118 cm³/mol. The molecule has 0 fully saturated rings. The summed E-state index contributed by atoms with van der Waals surface area (Å²) in [6.07, 6.45) is 8.81. The highest BCUT2D eigenvalue weighted by molar-refractivity contribution is 5.95. The predicted octanol–water partition coefficient (Wildman–Crippen LogP) is 3.73. The lowest BCUT2D eigenvalue weighted by Gasteiger charge is -2.24. The summed E-state index contributed by atoms with van der Waals surface area (Å²) in [5, 5.41) is 2.86. The molecule has 0 bridgehead atoms. The van der Waals surface area contributed by atoms with Crippen LogP contribution in [0.15, 0.2) is 30.5 Å². The van der Waals surface area contributed by atoms with Crippen LogP contribution in [0.25, 0.3) is 5.65 Å². The average molecular weight is 440 g/mol. The van der Waals surface area contributed by atoms with E-state index >= 15 is 0 Å². The number of pyridine rings is 1. The number of aromatic nitrogens is 2. The molecule has 8 heteroatoms. The molecule has 2 aromatic heterocycles. The second-order valence-electron chi connectivity index (χ2n) is 8.05. The molecule has 0 spiro atoms. The van der Waals surface area contributed by atoms with Crippen LogP contribution in [0.1, 0.15) is 54.0 Å². The standard InChI is InChI=1S/C24H26F2N4O2/c1-5-10-24(4,27)14-28-23(31)21-15(3)29-22-20(11-16(6-2)12-30(21)22)32-13-17-18(25)8-7-9-19(17)26/h2,7-9,11-12H,5,10,13-14,27H2,1,3-4H3,(H,28,31). The normalized spacial score (nSPS) is 12.9. The van der Waals surface area contributed by atoms with Crippen molar-refractivity contribution in [1.82, 2.24) is 14.7 Å². The maximum atomic E-state index is 14.0. The van der Waals surface area contributed by atoms with E-state index in [0.29, 0.717) is 16.9 Å². The zero-order chi connectivity index (χ0) is 23.5. The zero-order valence-electron chi connectivity index (χ0n) is 18.3. The summed E-state index contributed by atoms with van der Waals surface area (Å²) in [5.74, 6) is 0.916. The van der Waals surface area contributed by atoms with Gasteiger partial charge < -0.3 is 15.8 Å². The molecule has 1 amide bonds. The summed E-state index contributed by atoms with van der Waals surface area (Å²) in [4.78, 5) is 17.4. The third-order valence-corrected chi connectivity index (χ3v) is 5.15. The molecule has 3 aromatic rings. The molecule has 3 N–H and O–H groups in total. The van der Waals surface area contributed by atoms with Crippen LogP contribution in [0.4, 0.5) is 8.78 Å². The first kappa shape index (κ1) is 23.2. The monoisotopic (exact) mass is 440 g/mol. The van der Waals surface area contributed by atoms with Crippen molar-refractivity contribution in [1.29, 1.82) is 0 Å². The summed E-state index contributed by atoms with van der Waals surface area (Å²) < 4.78 is 35.2. The number of nitrogens with one attached hydrogen (secondary N) is 1. The number of hydrogen-bond acceptors (Lipinski definition) is 4. The van der Waals surface area contributed by atoms with Crippen molar-refractivity contribution in [3.63, 3.8) is 0 Å². The summed E-state index contributed by atoms with van der Waals surface area (Å²) in [7, 11) is 0. The molecule has 0 saturated heterocycles. The van der Waals surface area contributed by atoms with E-state index in [1.807, 2.05) is 13.8 Å². The molecule has 6 nitrogen and oxygen atoms in total. The number of nitrogens with two attached hydrogens (primary N) is 1. The fourth-order valence-corrected chi connectivity index (χ4v) is 3.53. The Morgan fingerprint density at radius 1 is 1.38 bits per heavy atom. The largest absolute Gasteiger partial charge is 0.485 e. The summed E-state index contributed by atoms with van der Waals surface area (Å²) in [6.45, 7) is 5.51. The Morgan fingerprint density at radius 2 is 2.06 bits per heavy atom. The van der Waals surface area contributed by atoms with Gasteiger partial charge in [0.25, 0.3) is 5.91 Å². The molecule has 0 saturated carbocycles. The number of hydrogen-bond donors (Lipinski definition) is 2. The fraction of sp³-hybridized carbons (Fsp3) is 0.333. The smallest absolute Gasteiger partial charge is 0.270 e. The molecule has 1 aromatic carbocycles. The minimum absolute atomic E-state index is 0.208. The Labute approximate surface area is 185 Å². The van der Waals surface area contributed by atoms with Crippen LogP contribution in [0.2, 0.25) is 0 Å². The van der Waals surface area contributed by atoms with Gasteiger partial charge in [0.15, 0.2) is 11.4 Å². The second kappa shape index (κ2) is 9.37. The lowest BCUT2D eigenvalue weighted by atomic mass is 9.98. The van der Waals surface area contributed by atoms with Crippen LogP contribution in [0.3, 0.4) is 0 Å². The van der Waals surface area contributed by atoms with Gasteiger partial charge in [0.05, 0.1) is 11.3 Å². The molecule has 3 rings (SSSR count). The number of benzene rings is 1. The van der Waals surface area contributed by atoms with Crippen LogP contribution in [0, 0.1) is 30.9 Å². The number of aryl methyl sites for hydroxylation is 1. The highest BCUT2D eigenvalue weighted by Crippen LogP contribution is 2.26. The van der Waals surface area contributed by atoms with Crippen molar-refractivity contribution < 1.29 is 18.3 Å². The summed E-state index contributed by atoms with van der Waals surface area (Å²) in [5.41, 5.74) is 6.94. The Hall–Kier alpha value is -3.44. The number of nitrogens with zero attached hydrogens (tertiary/aromatic N) is 2. The van der Waals surface area contributed by atoms with E-state index in [9.17, 15) is 13.6 Å². The molecule has 32 heavy (non-hydrogen) atoms. The molecular formula is C24H26F2N4O2. The highest BCUT2D eigenvalue weighted by atomic mass is 19.1. The van der Waals surface area contributed by atoms with E-state index in [1.165, 1.54) is 10.5 Å². The van der Waals surface area contributed by atoms with E-state index in [1.54, 1.807) is 19.2 Å². The minimum Gasteiger partial charge on any atom is -0.485 e. The Balaban J connectivity index is 1.95. The summed E-state index contributed by atoms with van der Waals surface area (Å²) in [6, 6.07) is 5.13. The molecule has 1 atom stereocenters.